The standard InChI is InChI=1S/C14H19NO2/c1-9-11(8-12(9)15)10-3-4-13-14(7-10)17-6-2-5-16-13/h3-4,7,9,11-12H,2,5-6,8,15H2,1H3. The number of rotatable bonds is 1. The van der Waals surface area contributed by atoms with Gasteiger partial charge in [-0.15, -0.1) is 0 Å². The van der Waals surface area contributed by atoms with Gasteiger partial charge in [-0.1, -0.05) is 13.0 Å². The van der Waals surface area contributed by atoms with Crippen LogP contribution in [0.25, 0.3) is 0 Å². The van der Waals surface area contributed by atoms with Gasteiger partial charge in [-0.25, -0.2) is 0 Å². The second-order valence-electron chi connectivity index (χ2n) is 5.12. The van der Waals surface area contributed by atoms with Gasteiger partial charge in [0, 0.05) is 12.5 Å². The summed E-state index contributed by atoms with van der Waals surface area (Å²) in [5.41, 5.74) is 7.29. The molecular weight excluding hydrogens is 214 g/mol. The highest BCUT2D eigenvalue weighted by atomic mass is 16.5. The summed E-state index contributed by atoms with van der Waals surface area (Å²) >= 11 is 0. The molecule has 1 saturated carbocycles. The van der Waals surface area contributed by atoms with Crippen LogP contribution in [0.4, 0.5) is 0 Å². The third-order valence-corrected chi connectivity index (χ3v) is 4.04. The van der Waals surface area contributed by atoms with Crippen LogP contribution in [0.5, 0.6) is 11.5 Å². The van der Waals surface area contributed by atoms with Crippen LogP contribution in [0.3, 0.4) is 0 Å². The minimum Gasteiger partial charge on any atom is -0.490 e. The van der Waals surface area contributed by atoms with Crippen molar-refractivity contribution >= 4 is 0 Å². The molecule has 0 amide bonds. The molecule has 2 N–H and O–H groups in total. The summed E-state index contributed by atoms with van der Waals surface area (Å²) in [4.78, 5) is 0. The van der Waals surface area contributed by atoms with Gasteiger partial charge >= 0.3 is 0 Å². The Kier molecular flexibility index (Phi) is 2.71. The van der Waals surface area contributed by atoms with E-state index in [0.29, 0.717) is 17.9 Å². The quantitative estimate of drug-likeness (QED) is 0.809. The van der Waals surface area contributed by atoms with Gasteiger partial charge in [0.15, 0.2) is 11.5 Å². The first-order valence-electron chi connectivity index (χ1n) is 6.41. The molecule has 0 radical (unpaired) electrons. The van der Waals surface area contributed by atoms with E-state index in [-0.39, 0.29) is 0 Å². The molecule has 1 aromatic rings. The minimum absolute atomic E-state index is 0.357. The van der Waals surface area contributed by atoms with Crippen LogP contribution in [0.1, 0.15) is 31.2 Å². The van der Waals surface area contributed by atoms with Gasteiger partial charge in [0.1, 0.15) is 0 Å². The fourth-order valence-electron chi connectivity index (χ4n) is 2.68. The summed E-state index contributed by atoms with van der Waals surface area (Å²) in [6.07, 6.45) is 2.04. The van der Waals surface area contributed by atoms with Crippen LogP contribution < -0.4 is 15.2 Å². The van der Waals surface area contributed by atoms with Crippen molar-refractivity contribution in [3.63, 3.8) is 0 Å². The van der Waals surface area contributed by atoms with E-state index in [9.17, 15) is 0 Å². The Hall–Kier alpha value is -1.22. The van der Waals surface area contributed by atoms with Crippen molar-refractivity contribution in [3.05, 3.63) is 23.8 Å². The maximum atomic E-state index is 5.96. The highest BCUT2D eigenvalue weighted by Gasteiger charge is 2.36. The van der Waals surface area contributed by atoms with Gasteiger partial charge in [-0.2, -0.15) is 0 Å². The van der Waals surface area contributed by atoms with Crippen molar-refractivity contribution in [1.82, 2.24) is 0 Å². The Morgan fingerprint density at radius 3 is 2.65 bits per heavy atom. The molecule has 92 valence electrons. The molecule has 1 fully saturated rings. The normalized spacial score (nSPS) is 31.5. The van der Waals surface area contributed by atoms with Gasteiger partial charge in [0.05, 0.1) is 13.2 Å². The number of hydrogen-bond acceptors (Lipinski definition) is 3. The molecule has 3 nitrogen and oxygen atoms in total. The zero-order valence-electron chi connectivity index (χ0n) is 10.2. The summed E-state index contributed by atoms with van der Waals surface area (Å²) < 4.78 is 11.3. The number of hydrogen-bond donors (Lipinski definition) is 1. The maximum absolute atomic E-state index is 5.96. The first kappa shape index (κ1) is 10.9. The summed E-state index contributed by atoms with van der Waals surface area (Å²) in [6.45, 7) is 3.72. The largest absolute Gasteiger partial charge is 0.490 e. The van der Waals surface area contributed by atoms with Crippen LogP contribution in [-0.2, 0) is 0 Å². The lowest BCUT2D eigenvalue weighted by atomic mass is 9.67. The van der Waals surface area contributed by atoms with Crippen molar-refractivity contribution in [1.29, 1.82) is 0 Å². The molecular formula is C14H19NO2. The molecule has 3 atom stereocenters. The van der Waals surface area contributed by atoms with Crippen LogP contribution in [-0.4, -0.2) is 19.3 Å². The fraction of sp³-hybridized carbons (Fsp3) is 0.571. The lowest BCUT2D eigenvalue weighted by Crippen LogP contribution is -2.44. The van der Waals surface area contributed by atoms with E-state index < -0.39 is 0 Å². The van der Waals surface area contributed by atoms with Crippen LogP contribution in [0.2, 0.25) is 0 Å². The maximum Gasteiger partial charge on any atom is 0.161 e. The van der Waals surface area contributed by atoms with Crippen molar-refractivity contribution in [3.8, 4) is 11.5 Å². The van der Waals surface area contributed by atoms with Crippen molar-refractivity contribution in [2.45, 2.75) is 31.7 Å². The van der Waals surface area contributed by atoms with Gasteiger partial charge < -0.3 is 15.2 Å². The minimum atomic E-state index is 0.357. The average Bonchev–Trinajstić information content (AvgIpc) is 2.59. The van der Waals surface area contributed by atoms with Gasteiger partial charge in [-0.3, -0.25) is 0 Å². The van der Waals surface area contributed by atoms with E-state index in [1.165, 1.54) is 5.56 Å². The van der Waals surface area contributed by atoms with Crippen LogP contribution in [0, 0.1) is 5.92 Å². The summed E-state index contributed by atoms with van der Waals surface area (Å²) in [5, 5.41) is 0. The molecule has 3 unspecified atom stereocenters. The first-order valence-corrected chi connectivity index (χ1v) is 6.41. The molecule has 1 aliphatic heterocycles. The Morgan fingerprint density at radius 2 is 1.94 bits per heavy atom. The molecule has 0 spiro atoms. The van der Waals surface area contributed by atoms with Crippen molar-refractivity contribution in [2.24, 2.45) is 11.7 Å². The zero-order valence-corrected chi connectivity index (χ0v) is 10.2. The second-order valence-corrected chi connectivity index (χ2v) is 5.12. The molecule has 17 heavy (non-hydrogen) atoms. The molecule has 1 aliphatic carbocycles. The number of nitrogens with two attached hydrogens (primary N) is 1. The van der Waals surface area contributed by atoms with Crippen LogP contribution >= 0.6 is 0 Å². The highest BCUT2D eigenvalue weighted by Crippen LogP contribution is 2.43. The van der Waals surface area contributed by atoms with Crippen molar-refractivity contribution < 1.29 is 9.47 Å². The Labute approximate surface area is 102 Å². The van der Waals surface area contributed by atoms with E-state index in [1.54, 1.807) is 0 Å². The lowest BCUT2D eigenvalue weighted by Gasteiger charge is -2.41. The van der Waals surface area contributed by atoms with Gasteiger partial charge in [0.25, 0.3) is 0 Å². The predicted octanol–water partition coefficient (Wildman–Crippen LogP) is 2.30. The van der Waals surface area contributed by atoms with E-state index >= 15 is 0 Å². The van der Waals surface area contributed by atoms with E-state index in [0.717, 1.165) is 37.6 Å². The smallest absolute Gasteiger partial charge is 0.161 e. The topological polar surface area (TPSA) is 44.5 Å². The highest BCUT2D eigenvalue weighted by molar-refractivity contribution is 5.45. The fourth-order valence-corrected chi connectivity index (χ4v) is 2.68. The molecule has 0 aromatic heterocycles. The predicted molar refractivity (Wildman–Crippen MR) is 66.5 cm³/mol. The second kappa shape index (κ2) is 4.22. The molecule has 3 heteroatoms. The third-order valence-electron chi connectivity index (χ3n) is 4.04. The molecule has 1 aromatic carbocycles. The number of fused-ring (bicyclic) bond motifs is 1. The number of benzene rings is 1. The van der Waals surface area contributed by atoms with E-state index in [2.05, 4.69) is 19.1 Å². The molecule has 0 bridgehead atoms. The van der Waals surface area contributed by atoms with E-state index in [1.807, 2.05) is 6.07 Å². The van der Waals surface area contributed by atoms with Crippen LogP contribution in [0.15, 0.2) is 18.2 Å². The third kappa shape index (κ3) is 1.89. The van der Waals surface area contributed by atoms with E-state index in [4.69, 9.17) is 15.2 Å². The molecule has 3 rings (SSSR count). The average molecular weight is 233 g/mol. The monoisotopic (exact) mass is 233 g/mol. The van der Waals surface area contributed by atoms with Crippen molar-refractivity contribution in [2.75, 3.05) is 13.2 Å². The molecule has 0 saturated heterocycles. The zero-order chi connectivity index (χ0) is 11.8. The first-order chi connectivity index (χ1) is 8.25. The molecule has 1 heterocycles. The summed E-state index contributed by atoms with van der Waals surface area (Å²) in [5.74, 6) is 2.93. The van der Waals surface area contributed by atoms with Gasteiger partial charge in [0.2, 0.25) is 0 Å². The Morgan fingerprint density at radius 1 is 1.18 bits per heavy atom. The Balaban J connectivity index is 1.85. The lowest BCUT2D eigenvalue weighted by molar-refractivity contribution is 0.226. The SMILES string of the molecule is CC1C(N)CC1c1ccc2c(c1)OCCCO2. The molecule has 2 aliphatic rings. The summed E-state index contributed by atoms with van der Waals surface area (Å²) in [7, 11) is 0. The number of ether oxygens (including phenoxy) is 2. The Bertz CT molecular complexity index is 419. The van der Waals surface area contributed by atoms with Gasteiger partial charge in [-0.05, 0) is 36.0 Å². The summed E-state index contributed by atoms with van der Waals surface area (Å²) in [6, 6.07) is 6.68.